The second kappa shape index (κ2) is 7.48. The third-order valence-electron chi connectivity index (χ3n) is 2.90. The highest BCUT2D eigenvalue weighted by atomic mass is 35.5. The van der Waals surface area contributed by atoms with E-state index < -0.39 is 5.82 Å². The van der Waals surface area contributed by atoms with E-state index in [1.807, 2.05) is 30.3 Å². The Morgan fingerprint density at radius 1 is 1.29 bits per heavy atom. The molecule has 0 aliphatic carbocycles. The Labute approximate surface area is 132 Å². The standard InChI is InChI=1S/C16H15ClFNOS/c1-11(21-10-12-5-3-2-4-6-12)16(20)19-15-9-13(17)7-8-14(15)18/h2-9,11H,10H2,1H3,(H,19,20). The molecular weight excluding hydrogens is 309 g/mol. The van der Waals surface area contributed by atoms with E-state index in [1.165, 1.54) is 30.0 Å². The van der Waals surface area contributed by atoms with Crippen molar-refractivity contribution in [3.63, 3.8) is 0 Å². The average molecular weight is 324 g/mol. The van der Waals surface area contributed by atoms with Gasteiger partial charge in [-0.3, -0.25) is 4.79 Å². The zero-order valence-electron chi connectivity index (χ0n) is 11.5. The monoisotopic (exact) mass is 323 g/mol. The summed E-state index contributed by atoms with van der Waals surface area (Å²) in [6, 6.07) is 14.0. The fourth-order valence-corrected chi connectivity index (χ4v) is 2.72. The largest absolute Gasteiger partial charge is 0.323 e. The molecule has 21 heavy (non-hydrogen) atoms. The van der Waals surface area contributed by atoms with Crippen LogP contribution in [0.1, 0.15) is 12.5 Å². The van der Waals surface area contributed by atoms with Crippen LogP contribution in [0.5, 0.6) is 0 Å². The fourth-order valence-electron chi connectivity index (χ4n) is 1.70. The predicted molar refractivity (Wildman–Crippen MR) is 87.2 cm³/mol. The van der Waals surface area contributed by atoms with Gasteiger partial charge in [0.1, 0.15) is 5.82 Å². The Hall–Kier alpha value is -1.52. The van der Waals surface area contributed by atoms with Crippen LogP contribution >= 0.6 is 23.4 Å². The lowest BCUT2D eigenvalue weighted by Crippen LogP contribution is -2.23. The van der Waals surface area contributed by atoms with Crippen molar-refractivity contribution in [1.82, 2.24) is 0 Å². The minimum atomic E-state index is -0.493. The summed E-state index contributed by atoms with van der Waals surface area (Å²) in [5.74, 6) is -0.00176. The number of carbonyl (C=O) groups is 1. The van der Waals surface area contributed by atoms with E-state index in [0.29, 0.717) is 5.02 Å². The third kappa shape index (κ3) is 4.76. The predicted octanol–water partition coefficient (Wildman–Crippen LogP) is 4.74. The van der Waals surface area contributed by atoms with Gasteiger partial charge in [-0.15, -0.1) is 11.8 Å². The van der Waals surface area contributed by atoms with Gasteiger partial charge < -0.3 is 5.32 Å². The Balaban J connectivity index is 1.92. The summed E-state index contributed by atoms with van der Waals surface area (Å²) < 4.78 is 13.6. The first-order valence-corrected chi connectivity index (χ1v) is 7.90. The molecule has 0 aliphatic heterocycles. The van der Waals surface area contributed by atoms with Crippen LogP contribution in [0.3, 0.4) is 0 Å². The minimum absolute atomic E-state index is 0.111. The highest BCUT2D eigenvalue weighted by Crippen LogP contribution is 2.22. The van der Waals surface area contributed by atoms with Crippen LogP contribution < -0.4 is 5.32 Å². The van der Waals surface area contributed by atoms with Crippen molar-refractivity contribution < 1.29 is 9.18 Å². The second-order valence-electron chi connectivity index (χ2n) is 4.55. The number of halogens is 2. The van der Waals surface area contributed by atoms with Crippen molar-refractivity contribution in [2.24, 2.45) is 0 Å². The molecule has 0 saturated heterocycles. The maximum Gasteiger partial charge on any atom is 0.237 e. The van der Waals surface area contributed by atoms with Gasteiger partial charge in [0.25, 0.3) is 0 Å². The van der Waals surface area contributed by atoms with Crippen molar-refractivity contribution in [1.29, 1.82) is 0 Å². The van der Waals surface area contributed by atoms with E-state index in [2.05, 4.69) is 5.32 Å². The van der Waals surface area contributed by atoms with E-state index in [-0.39, 0.29) is 16.8 Å². The molecule has 0 aromatic heterocycles. The number of nitrogens with one attached hydrogen (secondary N) is 1. The number of hydrogen-bond acceptors (Lipinski definition) is 2. The molecule has 110 valence electrons. The van der Waals surface area contributed by atoms with Gasteiger partial charge in [-0.05, 0) is 30.7 Å². The Morgan fingerprint density at radius 2 is 2.00 bits per heavy atom. The lowest BCUT2D eigenvalue weighted by molar-refractivity contribution is -0.115. The van der Waals surface area contributed by atoms with E-state index in [4.69, 9.17) is 11.6 Å². The first-order chi connectivity index (χ1) is 10.1. The van der Waals surface area contributed by atoms with Crippen molar-refractivity contribution >= 4 is 35.0 Å². The van der Waals surface area contributed by atoms with Gasteiger partial charge in [-0.2, -0.15) is 0 Å². The van der Waals surface area contributed by atoms with Crippen LogP contribution in [0.4, 0.5) is 10.1 Å². The number of benzene rings is 2. The van der Waals surface area contributed by atoms with Crippen molar-refractivity contribution in [2.45, 2.75) is 17.9 Å². The third-order valence-corrected chi connectivity index (χ3v) is 4.35. The average Bonchev–Trinajstić information content (AvgIpc) is 2.49. The first-order valence-electron chi connectivity index (χ1n) is 6.47. The highest BCUT2D eigenvalue weighted by Gasteiger charge is 2.15. The van der Waals surface area contributed by atoms with Crippen molar-refractivity contribution in [3.8, 4) is 0 Å². The number of amides is 1. The van der Waals surface area contributed by atoms with E-state index >= 15 is 0 Å². The molecule has 0 fully saturated rings. The SMILES string of the molecule is CC(SCc1ccccc1)C(=O)Nc1cc(Cl)ccc1F. The topological polar surface area (TPSA) is 29.1 Å². The molecule has 1 amide bonds. The maximum absolute atomic E-state index is 13.6. The summed E-state index contributed by atoms with van der Waals surface area (Å²) in [4.78, 5) is 12.1. The van der Waals surface area contributed by atoms with Gasteiger partial charge in [-0.1, -0.05) is 41.9 Å². The Bertz CT molecular complexity index is 621. The van der Waals surface area contributed by atoms with E-state index in [0.717, 1.165) is 11.3 Å². The smallest absolute Gasteiger partial charge is 0.237 e. The van der Waals surface area contributed by atoms with E-state index in [1.54, 1.807) is 6.92 Å². The molecule has 0 spiro atoms. The summed E-state index contributed by atoms with van der Waals surface area (Å²) in [5.41, 5.74) is 1.26. The van der Waals surface area contributed by atoms with Gasteiger partial charge in [0.05, 0.1) is 10.9 Å². The number of carbonyl (C=O) groups excluding carboxylic acids is 1. The quantitative estimate of drug-likeness (QED) is 0.861. The molecule has 0 saturated carbocycles. The zero-order chi connectivity index (χ0) is 15.2. The lowest BCUT2D eigenvalue weighted by Gasteiger charge is -2.12. The van der Waals surface area contributed by atoms with Gasteiger partial charge in [0.2, 0.25) is 5.91 Å². The highest BCUT2D eigenvalue weighted by molar-refractivity contribution is 7.99. The normalized spacial score (nSPS) is 12.0. The van der Waals surface area contributed by atoms with Gasteiger partial charge >= 0.3 is 0 Å². The molecule has 5 heteroatoms. The summed E-state index contributed by atoms with van der Waals surface area (Å²) in [5, 5.41) is 2.66. The minimum Gasteiger partial charge on any atom is -0.323 e. The number of hydrogen-bond donors (Lipinski definition) is 1. The molecule has 2 rings (SSSR count). The zero-order valence-corrected chi connectivity index (χ0v) is 13.0. The van der Waals surface area contributed by atoms with Crippen LogP contribution in [0.25, 0.3) is 0 Å². The van der Waals surface area contributed by atoms with Gasteiger partial charge in [0, 0.05) is 10.8 Å². The number of anilines is 1. The van der Waals surface area contributed by atoms with Crippen LogP contribution in [-0.4, -0.2) is 11.2 Å². The maximum atomic E-state index is 13.6. The summed E-state index contributed by atoms with van der Waals surface area (Å²) >= 11 is 7.30. The summed E-state index contributed by atoms with van der Waals surface area (Å²) in [7, 11) is 0. The molecule has 0 bridgehead atoms. The first kappa shape index (κ1) is 15.9. The number of thioether (sulfide) groups is 1. The molecule has 0 radical (unpaired) electrons. The molecule has 1 N–H and O–H groups in total. The molecule has 1 atom stereocenters. The summed E-state index contributed by atoms with van der Waals surface area (Å²) in [6.45, 7) is 1.80. The van der Waals surface area contributed by atoms with E-state index in [9.17, 15) is 9.18 Å². The van der Waals surface area contributed by atoms with Crippen molar-refractivity contribution in [3.05, 3.63) is 64.9 Å². The van der Waals surface area contributed by atoms with Crippen LogP contribution in [0.15, 0.2) is 48.5 Å². The molecule has 0 heterocycles. The Morgan fingerprint density at radius 3 is 2.71 bits per heavy atom. The Kier molecular flexibility index (Phi) is 5.65. The number of rotatable bonds is 5. The molecule has 1 unspecified atom stereocenters. The van der Waals surface area contributed by atoms with Crippen LogP contribution in [-0.2, 0) is 10.5 Å². The van der Waals surface area contributed by atoms with Gasteiger partial charge in [0.15, 0.2) is 0 Å². The molecule has 2 nitrogen and oxygen atoms in total. The van der Waals surface area contributed by atoms with Crippen LogP contribution in [0.2, 0.25) is 5.02 Å². The lowest BCUT2D eigenvalue weighted by atomic mass is 10.2. The second-order valence-corrected chi connectivity index (χ2v) is 6.32. The molecular formula is C16H15ClFNOS. The van der Waals surface area contributed by atoms with Crippen LogP contribution in [0, 0.1) is 5.82 Å². The molecule has 2 aromatic carbocycles. The van der Waals surface area contributed by atoms with Crippen molar-refractivity contribution in [2.75, 3.05) is 5.32 Å². The fraction of sp³-hybridized carbons (Fsp3) is 0.188. The summed E-state index contributed by atoms with van der Waals surface area (Å²) in [6.07, 6.45) is 0. The molecule has 0 aliphatic rings. The molecule has 2 aromatic rings. The van der Waals surface area contributed by atoms with Gasteiger partial charge in [-0.25, -0.2) is 4.39 Å².